The van der Waals surface area contributed by atoms with Crippen LogP contribution in [0.1, 0.15) is 24.8 Å². The molecular formula is C13H14ClNO2. The Balaban J connectivity index is 1.98. The lowest BCUT2D eigenvalue weighted by Crippen LogP contribution is -2.25. The van der Waals surface area contributed by atoms with Gasteiger partial charge in [-0.05, 0) is 31.4 Å². The third-order valence-electron chi connectivity index (χ3n) is 2.76. The van der Waals surface area contributed by atoms with Crippen molar-refractivity contribution in [2.24, 2.45) is 0 Å². The van der Waals surface area contributed by atoms with Crippen LogP contribution in [0.15, 0.2) is 18.2 Å². The topological polar surface area (TPSA) is 42.2 Å². The first-order chi connectivity index (χ1) is 8.29. The van der Waals surface area contributed by atoms with Gasteiger partial charge in [0, 0.05) is 17.7 Å². The van der Waals surface area contributed by atoms with E-state index in [0.29, 0.717) is 22.9 Å². The van der Waals surface area contributed by atoms with Gasteiger partial charge in [-0.15, -0.1) is 0 Å². The third-order valence-corrected chi connectivity index (χ3v) is 3.00. The number of nitriles is 1. The van der Waals surface area contributed by atoms with Crippen LogP contribution in [0.2, 0.25) is 5.02 Å². The average Bonchev–Trinajstić information content (AvgIpc) is 2.38. The number of rotatable bonds is 3. The van der Waals surface area contributed by atoms with Gasteiger partial charge in [0.05, 0.1) is 11.7 Å². The highest BCUT2D eigenvalue weighted by atomic mass is 35.5. The van der Waals surface area contributed by atoms with E-state index in [1.807, 2.05) is 0 Å². The SMILES string of the molecule is N#Cc1ccc(Cl)cc1OCC1CCCCO1. The molecule has 0 spiro atoms. The van der Waals surface area contributed by atoms with Gasteiger partial charge >= 0.3 is 0 Å². The highest BCUT2D eigenvalue weighted by Gasteiger charge is 2.15. The number of ether oxygens (including phenoxy) is 2. The first-order valence-corrected chi connectivity index (χ1v) is 6.11. The first-order valence-electron chi connectivity index (χ1n) is 5.73. The van der Waals surface area contributed by atoms with Crippen molar-refractivity contribution in [1.29, 1.82) is 5.26 Å². The molecule has 1 aliphatic rings. The summed E-state index contributed by atoms with van der Waals surface area (Å²) < 4.78 is 11.2. The maximum Gasteiger partial charge on any atom is 0.138 e. The van der Waals surface area contributed by atoms with Gasteiger partial charge in [0.2, 0.25) is 0 Å². The molecule has 1 saturated heterocycles. The van der Waals surface area contributed by atoms with E-state index in [1.54, 1.807) is 18.2 Å². The van der Waals surface area contributed by atoms with E-state index < -0.39 is 0 Å². The van der Waals surface area contributed by atoms with Crippen molar-refractivity contribution in [1.82, 2.24) is 0 Å². The molecule has 0 saturated carbocycles. The summed E-state index contributed by atoms with van der Waals surface area (Å²) in [5.41, 5.74) is 0.505. The van der Waals surface area contributed by atoms with Gasteiger partial charge < -0.3 is 9.47 Å². The number of halogens is 1. The summed E-state index contributed by atoms with van der Waals surface area (Å²) in [5, 5.41) is 9.51. The lowest BCUT2D eigenvalue weighted by atomic mass is 10.1. The minimum absolute atomic E-state index is 0.134. The smallest absolute Gasteiger partial charge is 0.138 e. The lowest BCUT2D eigenvalue weighted by Gasteiger charge is -2.22. The lowest BCUT2D eigenvalue weighted by molar-refractivity contribution is -0.0111. The number of benzene rings is 1. The molecule has 90 valence electrons. The second kappa shape index (κ2) is 5.90. The highest BCUT2D eigenvalue weighted by molar-refractivity contribution is 6.30. The van der Waals surface area contributed by atoms with Crippen LogP contribution < -0.4 is 4.74 Å². The monoisotopic (exact) mass is 251 g/mol. The van der Waals surface area contributed by atoms with Crippen molar-refractivity contribution in [3.05, 3.63) is 28.8 Å². The third kappa shape index (κ3) is 3.36. The Labute approximate surface area is 106 Å². The van der Waals surface area contributed by atoms with E-state index in [0.717, 1.165) is 19.4 Å². The predicted molar refractivity (Wildman–Crippen MR) is 65.3 cm³/mol. The summed E-state index contributed by atoms with van der Waals surface area (Å²) in [7, 11) is 0. The zero-order chi connectivity index (χ0) is 12.1. The molecule has 1 fully saturated rings. The van der Waals surface area contributed by atoms with E-state index in [9.17, 15) is 0 Å². The van der Waals surface area contributed by atoms with Crippen molar-refractivity contribution in [3.63, 3.8) is 0 Å². The Hall–Kier alpha value is -1.24. The van der Waals surface area contributed by atoms with Crippen molar-refractivity contribution >= 4 is 11.6 Å². The van der Waals surface area contributed by atoms with Crippen molar-refractivity contribution in [3.8, 4) is 11.8 Å². The molecule has 4 heteroatoms. The average molecular weight is 252 g/mol. The molecule has 1 aliphatic heterocycles. The fraction of sp³-hybridized carbons (Fsp3) is 0.462. The standard InChI is InChI=1S/C13H14ClNO2/c14-11-5-4-10(8-15)13(7-11)17-9-12-3-1-2-6-16-12/h4-5,7,12H,1-3,6,9H2. The van der Waals surface area contributed by atoms with E-state index in [2.05, 4.69) is 6.07 Å². The first kappa shape index (κ1) is 12.2. The molecule has 0 N–H and O–H groups in total. The summed E-state index contributed by atoms with van der Waals surface area (Å²) in [4.78, 5) is 0. The summed E-state index contributed by atoms with van der Waals surface area (Å²) in [6.07, 6.45) is 3.45. The predicted octanol–water partition coefficient (Wildman–Crippen LogP) is 3.16. The molecule has 0 bridgehead atoms. The van der Waals surface area contributed by atoms with Crippen LogP contribution in [0, 0.1) is 11.3 Å². The van der Waals surface area contributed by atoms with Crippen LogP contribution in [0.3, 0.4) is 0 Å². The molecule has 2 rings (SSSR count). The van der Waals surface area contributed by atoms with Gasteiger partial charge in [0.1, 0.15) is 18.4 Å². The van der Waals surface area contributed by atoms with Gasteiger partial charge in [0.15, 0.2) is 0 Å². The molecule has 17 heavy (non-hydrogen) atoms. The molecule has 1 atom stereocenters. The van der Waals surface area contributed by atoms with Crippen LogP contribution in [-0.2, 0) is 4.74 Å². The van der Waals surface area contributed by atoms with Crippen LogP contribution in [-0.4, -0.2) is 19.3 Å². The second-order valence-corrected chi connectivity index (χ2v) is 4.49. The molecule has 0 amide bonds. The maximum absolute atomic E-state index is 8.94. The normalized spacial score (nSPS) is 19.6. The van der Waals surface area contributed by atoms with Crippen LogP contribution in [0.5, 0.6) is 5.75 Å². The summed E-state index contributed by atoms with van der Waals surface area (Å²) in [6, 6.07) is 7.11. The quantitative estimate of drug-likeness (QED) is 0.829. The van der Waals surface area contributed by atoms with E-state index in [-0.39, 0.29) is 6.10 Å². The Morgan fingerprint density at radius 3 is 3.06 bits per heavy atom. The Morgan fingerprint density at radius 1 is 1.47 bits per heavy atom. The second-order valence-electron chi connectivity index (χ2n) is 4.05. The van der Waals surface area contributed by atoms with Gasteiger partial charge in [-0.1, -0.05) is 11.6 Å². The summed E-state index contributed by atoms with van der Waals surface area (Å²) in [6.45, 7) is 1.28. The van der Waals surface area contributed by atoms with Crippen molar-refractivity contribution < 1.29 is 9.47 Å². The Bertz CT molecular complexity index is 422. The molecule has 0 aliphatic carbocycles. The van der Waals surface area contributed by atoms with Crippen molar-refractivity contribution in [2.75, 3.05) is 13.2 Å². The minimum atomic E-state index is 0.134. The minimum Gasteiger partial charge on any atom is -0.489 e. The van der Waals surface area contributed by atoms with Crippen LogP contribution in [0.4, 0.5) is 0 Å². The summed E-state index contributed by atoms with van der Waals surface area (Å²) >= 11 is 5.87. The fourth-order valence-corrected chi connectivity index (χ4v) is 1.99. The molecule has 1 unspecified atom stereocenters. The van der Waals surface area contributed by atoms with Crippen molar-refractivity contribution in [2.45, 2.75) is 25.4 Å². The van der Waals surface area contributed by atoms with E-state index >= 15 is 0 Å². The number of nitrogens with zero attached hydrogens (tertiary/aromatic N) is 1. The van der Waals surface area contributed by atoms with Gasteiger partial charge in [-0.3, -0.25) is 0 Å². The molecular weight excluding hydrogens is 238 g/mol. The maximum atomic E-state index is 8.94. The van der Waals surface area contributed by atoms with Gasteiger partial charge in [-0.25, -0.2) is 0 Å². The number of hydrogen-bond acceptors (Lipinski definition) is 3. The van der Waals surface area contributed by atoms with Gasteiger partial charge in [-0.2, -0.15) is 5.26 Å². The molecule has 1 aromatic rings. The van der Waals surface area contributed by atoms with Crippen LogP contribution in [0.25, 0.3) is 0 Å². The van der Waals surface area contributed by atoms with E-state index in [1.165, 1.54) is 6.42 Å². The highest BCUT2D eigenvalue weighted by Crippen LogP contribution is 2.23. The van der Waals surface area contributed by atoms with Gasteiger partial charge in [0.25, 0.3) is 0 Å². The molecule has 0 radical (unpaired) electrons. The van der Waals surface area contributed by atoms with E-state index in [4.69, 9.17) is 26.3 Å². The molecule has 3 nitrogen and oxygen atoms in total. The Morgan fingerprint density at radius 2 is 2.35 bits per heavy atom. The van der Waals surface area contributed by atoms with Crippen LogP contribution >= 0.6 is 11.6 Å². The zero-order valence-electron chi connectivity index (χ0n) is 9.49. The Kier molecular flexibility index (Phi) is 4.24. The molecule has 1 heterocycles. The molecule has 1 aromatic carbocycles. The number of hydrogen-bond donors (Lipinski definition) is 0. The summed E-state index contributed by atoms with van der Waals surface area (Å²) in [5.74, 6) is 0.536. The largest absolute Gasteiger partial charge is 0.489 e. The zero-order valence-corrected chi connectivity index (χ0v) is 10.2. The fourth-order valence-electron chi connectivity index (χ4n) is 1.83. The molecule has 0 aromatic heterocycles.